The number of hydrogen-bond donors (Lipinski definition) is 1. The van der Waals surface area contributed by atoms with Gasteiger partial charge in [0.25, 0.3) is 11.5 Å². The summed E-state index contributed by atoms with van der Waals surface area (Å²) in [4.78, 5) is 39.4. The summed E-state index contributed by atoms with van der Waals surface area (Å²) >= 11 is 0. The quantitative estimate of drug-likeness (QED) is 0.501. The van der Waals surface area contributed by atoms with Gasteiger partial charge in [0.2, 0.25) is 0 Å². The van der Waals surface area contributed by atoms with Crippen molar-refractivity contribution in [3.63, 3.8) is 0 Å². The van der Waals surface area contributed by atoms with Crippen LogP contribution in [0.25, 0.3) is 21.7 Å². The highest BCUT2D eigenvalue weighted by atomic mass is 16.2. The minimum Gasteiger partial charge on any atom is -0.383 e. The van der Waals surface area contributed by atoms with Gasteiger partial charge >= 0.3 is 0 Å². The number of carbonyl (C=O) groups excluding carboxylic acids is 1. The Balaban J connectivity index is 1.34. The van der Waals surface area contributed by atoms with Crippen LogP contribution in [0.1, 0.15) is 36.2 Å². The van der Waals surface area contributed by atoms with Crippen molar-refractivity contribution < 1.29 is 4.79 Å². The first-order chi connectivity index (χ1) is 16.4. The van der Waals surface area contributed by atoms with Crippen LogP contribution in [0.2, 0.25) is 0 Å². The van der Waals surface area contributed by atoms with Crippen LogP contribution in [-0.4, -0.2) is 61.6 Å². The van der Waals surface area contributed by atoms with E-state index in [1.807, 2.05) is 50.2 Å². The van der Waals surface area contributed by atoms with Crippen molar-refractivity contribution in [2.24, 2.45) is 0 Å². The van der Waals surface area contributed by atoms with E-state index in [9.17, 15) is 9.59 Å². The summed E-state index contributed by atoms with van der Waals surface area (Å²) in [6.45, 7) is 6.82. The Labute approximate surface area is 196 Å². The molecule has 0 unspecified atom stereocenters. The monoisotopic (exact) mass is 457 g/mol. The minimum atomic E-state index is -0.179. The van der Waals surface area contributed by atoms with E-state index in [0.717, 1.165) is 10.9 Å². The van der Waals surface area contributed by atoms with Gasteiger partial charge in [-0.1, -0.05) is 30.3 Å². The largest absolute Gasteiger partial charge is 0.383 e. The molecule has 0 spiro atoms. The number of nitrogen functional groups attached to an aromatic ring is 1. The van der Waals surface area contributed by atoms with E-state index in [0.29, 0.717) is 60.8 Å². The number of hydrogen-bond acceptors (Lipinski definition) is 7. The molecule has 3 heterocycles. The van der Waals surface area contributed by atoms with E-state index < -0.39 is 0 Å². The number of para-hydroxylation sites is 1. The van der Waals surface area contributed by atoms with Crippen molar-refractivity contribution in [2.45, 2.75) is 26.4 Å². The zero-order valence-electron chi connectivity index (χ0n) is 19.3. The Morgan fingerprint density at radius 2 is 1.59 bits per heavy atom. The van der Waals surface area contributed by atoms with E-state index in [1.54, 1.807) is 17.0 Å². The number of benzene rings is 2. The topological polar surface area (TPSA) is 110 Å². The van der Waals surface area contributed by atoms with E-state index in [1.165, 1.54) is 4.68 Å². The van der Waals surface area contributed by atoms with Crippen molar-refractivity contribution in [1.82, 2.24) is 29.5 Å². The molecule has 0 saturated carbocycles. The second-order valence-corrected chi connectivity index (χ2v) is 8.85. The molecule has 0 atom stereocenters. The number of fused-ring (bicyclic) bond motifs is 2. The Kier molecular flexibility index (Phi) is 5.70. The van der Waals surface area contributed by atoms with Gasteiger partial charge in [-0.05, 0) is 32.0 Å². The zero-order chi connectivity index (χ0) is 23.8. The number of rotatable bonds is 4. The number of amides is 1. The molecule has 34 heavy (non-hydrogen) atoms. The highest BCUT2D eigenvalue weighted by molar-refractivity contribution is 6.04. The second-order valence-electron chi connectivity index (χ2n) is 8.85. The summed E-state index contributed by atoms with van der Waals surface area (Å²) < 4.78 is 1.40. The summed E-state index contributed by atoms with van der Waals surface area (Å²) in [5, 5.41) is 6.42. The van der Waals surface area contributed by atoms with E-state index in [4.69, 9.17) is 5.73 Å². The molecule has 9 heteroatoms. The van der Waals surface area contributed by atoms with Crippen LogP contribution in [0.5, 0.6) is 0 Å². The van der Waals surface area contributed by atoms with Crippen molar-refractivity contribution in [1.29, 1.82) is 0 Å². The molecule has 1 saturated heterocycles. The van der Waals surface area contributed by atoms with Gasteiger partial charge in [0.15, 0.2) is 5.69 Å². The maximum Gasteiger partial charge on any atom is 0.275 e. The molecule has 1 aliphatic rings. The Bertz CT molecular complexity index is 1440. The van der Waals surface area contributed by atoms with Gasteiger partial charge in [-0.2, -0.15) is 5.10 Å². The van der Waals surface area contributed by atoms with E-state index in [-0.39, 0.29) is 17.5 Å². The summed E-state index contributed by atoms with van der Waals surface area (Å²) in [6.07, 6.45) is 0. The highest BCUT2D eigenvalue weighted by Gasteiger charge is 2.26. The third kappa shape index (κ3) is 3.99. The predicted octanol–water partition coefficient (Wildman–Crippen LogP) is 2.46. The molecule has 174 valence electrons. The van der Waals surface area contributed by atoms with Crippen LogP contribution in [0.15, 0.2) is 53.3 Å². The lowest BCUT2D eigenvalue weighted by Gasteiger charge is -2.34. The fourth-order valence-corrected chi connectivity index (χ4v) is 4.40. The lowest BCUT2D eigenvalue weighted by atomic mass is 10.1. The van der Waals surface area contributed by atoms with Gasteiger partial charge in [0, 0.05) is 37.0 Å². The summed E-state index contributed by atoms with van der Waals surface area (Å²) in [7, 11) is 0. The fourth-order valence-electron chi connectivity index (χ4n) is 4.40. The van der Waals surface area contributed by atoms with Crippen LogP contribution >= 0.6 is 0 Å². The van der Waals surface area contributed by atoms with Gasteiger partial charge in [0.1, 0.15) is 11.6 Å². The molecule has 0 radical (unpaired) electrons. The summed E-state index contributed by atoms with van der Waals surface area (Å²) in [5.41, 5.74) is 7.10. The normalized spacial score (nSPS) is 14.9. The summed E-state index contributed by atoms with van der Waals surface area (Å²) in [6, 6.07) is 14.7. The molecule has 5 rings (SSSR count). The number of nitrogens with two attached hydrogens (primary N) is 1. The first-order valence-electron chi connectivity index (χ1n) is 11.5. The number of carbonyl (C=O) groups is 1. The molecule has 1 fully saturated rings. The fraction of sp³-hybridized carbons (Fsp3) is 0.320. The molecule has 4 aromatic rings. The average molecular weight is 458 g/mol. The molecule has 1 aliphatic heterocycles. The second kappa shape index (κ2) is 8.83. The SMILES string of the molecule is CC(C)n1nc(C(=O)N2CCN(Cc3nc(N)c4ccccc4n3)CC2)c2ccccc2c1=O. The molecule has 2 aromatic carbocycles. The van der Waals surface area contributed by atoms with Crippen LogP contribution in [0, 0.1) is 0 Å². The minimum absolute atomic E-state index is 0.144. The van der Waals surface area contributed by atoms with Crippen LogP contribution < -0.4 is 11.3 Å². The molecule has 1 amide bonds. The van der Waals surface area contributed by atoms with Crippen molar-refractivity contribution in [3.8, 4) is 0 Å². The molecular formula is C25H27N7O2. The highest BCUT2D eigenvalue weighted by Crippen LogP contribution is 2.20. The molecule has 0 aliphatic carbocycles. The number of aromatic nitrogens is 4. The van der Waals surface area contributed by atoms with Gasteiger partial charge in [-0.3, -0.25) is 14.5 Å². The molecular weight excluding hydrogens is 430 g/mol. The number of piperazine rings is 1. The predicted molar refractivity (Wildman–Crippen MR) is 132 cm³/mol. The van der Waals surface area contributed by atoms with Gasteiger partial charge in [-0.25, -0.2) is 14.6 Å². The third-order valence-corrected chi connectivity index (χ3v) is 6.22. The molecule has 9 nitrogen and oxygen atoms in total. The maximum atomic E-state index is 13.4. The van der Waals surface area contributed by atoms with Gasteiger partial charge in [0.05, 0.1) is 23.5 Å². The average Bonchev–Trinajstić information content (AvgIpc) is 2.84. The number of anilines is 1. The smallest absolute Gasteiger partial charge is 0.275 e. The van der Waals surface area contributed by atoms with Crippen LogP contribution in [0.3, 0.4) is 0 Å². The number of nitrogens with zero attached hydrogens (tertiary/aromatic N) is 6. The van der Waals surface area contributed by atoms with E-state index in [2.05, 4.69) is 20.0 Å². The third-order valence-electron chi connectivity index (χ3n) is 6.22. The first kappa shape index (κ1) is 22.0. The Morgan fingerprint density at radius 3 is 2.29 bits per heavy atom. The van der Waals surface area contributed by atoms with E-state index >= 15 is 0 Å². The van der Waals surface area contributed by atoms with Gasteiger partial charge < -0.3 is 10.6 Å². The zero-order valence-corrected chi connectivity index (χ0v) is 19.3. The van der Waals surface area contributed by atoms with Crippen molar-refractivity contribution in [3.05, 3.63) is 70.4 Å². The van der Waals surface area contributed by atoms with Gasteiger partial charge in [-0.15, -0.1) is 0 Å². The Hall–Kier alpha value is -3.85. The van der Waals surface area contributed by atoms with Crippen LogP contribution in [0.4, 0.5) is 5.82 Å². The van der Waals surface area contributed by atoms with Crippen molar-refractivity contribution in [2.75, 3.05) is 31.9 Å². The molecule has 2 N–H and O–H groups in total. The maximum absolute atomic E-state index is 13.4. The van der Waals surface area contributed by atoms with Crippen LogP contribution in [-0.2, 0) is 6.54 Å². The Morgan fingerprint density at radius 1 is 0.941 bits per heavy atom. The standard InChI is InChI=1S/C25H27N7O2/c1-16(2)32-24(33)18-8-4-3-7-17(18)22(29-32)25(34)31-13-11-30(12-14-31)15-21-27-20-10-6-5-9-19(20)23(26)28-21/h3-10,16H,11-15H2,1-2H3,(H2,26,27,28). The summed E-state index contributed by atoms with van der Waals surface area (Å²) in [5.74, 6) is 0.997. The molecule has 0 bridgehead atoms. The first-order valence-corrected chi connectivity index (χ1v) is 11.5. The lowest BCUT2D eigenvalue weighted by molar-refractivity contribution is 0.0619. The lowest BCUT2D eigenvalue weighted by Crippen LogP contribution is -2.49. The molecule has 2 aromatic heterocycles. The van der Waals surface area contributed by atoms with Crippen molar-refractivity contribution >= 4 is 33.4 Å².